The van der Waals surface area contributed by atoms with E-state index in [-0.39, 0.29) is 5.56 Å². The minimum Gasteiger partial charge on any atom is -0.269 e. The van der Waals surface area contributed by atoms with Crippen LogP contribution in [0.4, 0.5) is 0 Å². The van der Waals surface area contributed by atoms with Gasteiger partial charge in [-0.05, 0) is 37.1 Å². The summed E-state index contributed by atoms with van der Waals surface area (Å²) in [6, 6.07) is 13.2. The van der Waals surface area contributed by atoms with Crippen molar-refractivity contribution in [3.63, 3.8) is 0 Å². The van der Waals surface area contributed by atoms with Crippen LogP contribution in [-0.4, -0.2) is 9.38 Å². The molecule has 0 radical (unpaired) electrons. The second kappa shape index (κ2) is 5.78. The summed E-state index contributed by atoms with van der Waals surface area (Å²) in [5.41, 5.74) is 4.04. The SMILES string of the molecule is Cc1cccc(/C=C(\Cl)c2cc(=O)n3cccc(C)c3n2)c1. The zero-order valence-corrected chi connectivity index (χ0v) is 13.1. The van der Waals surface area contributed by atoms with Crippen molar-refractivity contribution in [2.24, 2.45) is 0 Å². The van der Waals surface area contributed by atoms with Crippen LogP contribution in [-0.2, 0) is 0 Å². The molecule has 0 N–H and O–H groups in total. The number of halogens is 1. The van der Waals surface area contributed by atoms with Crippen molar-refractivity contribution in [2.45, 2.75) is 13.8 Å². The molecule has 0 aliphatic carbocycles. The Morgan fingerprint density at radius 2 is 2.00 bits per heavy atom. The van der Waals surface area contributed by atoms with E-state index >= 15 is 0 Å². The first-order valence-corrected chi connectivity index (χ1v) is 7.36. The molecular weight excluding hydrogens is 296 g/mol. The number of nitrogens with zero attached hydrogens (tertiary/aromatic N) is 2. The Kier molecular flexibility index (Phi) is 3.82. The summed E-state index contributed by atoms with van der Waals surface area (Å²) in [6.07, 6.45) is 3.53. The van der Waals surface area contributed by atoms with Gasteiger partial charge in [0.2, 0.25) is 0 Å². The van der Waals surface area contributed by atoms with Crippen LogP contribution < -0.4 is 5.56 Å². The average Bonchev–Trinajstić information content (AvgIpc) is 2.48. The van der Waals surface area contributed by atoms with Crippen molar-refractivity contribution >= 4 is 28.4 Å². The summed E-state index contributed by atoms with van der Waals surface area (Å²) < 4.78 is 1.52. The van der Waals surface area contributed by atoms with Gasteiger partial charge in [0.05, 0.1) is 10.7 Å². The average molecular weight is 311 g/mol. The number of hydrogen-bond donors (Lipinski definition) is 0. The fourth-order valence-corrected chi connectivity index (χ4v) is 2.59. The normalized spacial score (nSPS) is 11.9. The van der Waals surface area contributed by atoms with Gasteiger partial charge in [0, 0.05) is 12.3 Å². The second-order valence-electron chi connectivity index (χ2n) is 5.27. The zero-order valence-electron chi connectivity index (χ0n) is 12.4. The van der Waals surface area contributed by atoms with E-state index < -0.39 is 0 Å². The molecule has 110 valence electrons. The molecule has 0 atom stereocenters. The lowest BCUT2D eigenvalue weighted by Crippen LogP contribution is -2.15. The van der Waals surface area contributed by atoms with Crippen LogP contribution in [0.5, 0.6) is 0 Å². The van der Waals surface area contributed by atoms with Crippen molar-refractivity contribution in [2.75, 3.05) is 0 Å². The maximum atomic E-state index is 12.2. The molecule has 0 fully saturated rings. The molecule has 0 saturated heterocycles. The largest absolute Gasteiger partial charge is 0.269 e. The van der Waals surface area contributed by atoms with Crippen LogP contribution in [0.3, 0.4) is 0 Å². The van der Waals surface area contributed by atoms with Crippen LogP contribution in [0.1, 0.15) is 22.4 Å². The molecule has 0 saturated carbocycles. The highest BCUT2D eigenvalue weighted by atomic mass is 35.5. The number of aromatic nitrogens is 2. The lowest BCUT2D eigenvalue weighted by atomic mass is 10.1. The summed E-state index contributed by atoms with van der Waals surface area (Å²) >= 11 is 6.37. The zero-order chi connectivity index (χ0) is 15.7. The van der Waals surface area contributed by atoms with Crippen LogP contribution in [0.15, 0.2) is 53.5 Å². The molecule has 1 aromatic carbocycles. The van der Waals surface area contributed by atoms with E-state index in [9.17, 15) is 4.79 Å². The third-order valence-electron chi connectivity index (χ3n) is 3.47. The maximum Gasteiger partial charge on any atom is 0.258 e. The first-order chi connectivity index (χ1) is 10.5. The first-order valence-electron chi connectivity index (χ1n) is 6.98. The highest BCUT2D eigenvalue weighted by Crippen LogP contribution is 2.21. The quantitative estimate of drug-likeness (QED) is 0.715. The van der Waals surface area contributed by atoms with Crippen molar-refractivity contribution in [1.29, 1.82) is 0 Å². The Balaban J connectivity index is 2.14. The molecule has 3 nitrogen and oxygen atoms in total. The summed E-state index contributed by atoms with van der Waals surface area (Å²) in [7, 11) is 0. The summed E-state index contributed by atoms with van der Waals surface area (Å²) in [4.78, 5) is 16.7. The number of hydrogen-bond acceptors (Lipinski definition) is 2. The van der Waals surface area contributed by atoms with E-state index in [0.717, 1.165) is 16.7 Å². The van der Waals surface area contributed by atoms with Crippen LogP contribution in [0, 0.1) is 13.8 Å². The molecule has 22 heavy (non-hydrogen) atoms. The van der Waals surface area contributed by atoms with E-state index in [1.54, 1.807) is 6.20 Å². The van der Waals surface area contributed by atoms with Crippen LogP contribution in [0.25, 0.3) is 16.8 Å². The Hall–Kier alpha value is -2.39. The van der Waals surface area contributed by atoms with E-state index in [1.807, 2.05) is 56.3 Å². The van der Waals surface area contributed by atoms with Crippen molar-refractivity contribution in [3.8, 4) is 0 Å². The standard InChI is InChI=1S/C18H15ClN2O/c1-12-5-3-7-14(9-12)10-15(19)16-11-17(22)21-8-4-6-13(2)18(21)20-16/h3-11H,1-2H3/b15-10-. The van der Waals surface area contributed by atoms with Crippen LogP contribution >= 0.6 is 11.6 Å². The molecule has 4 heteroatoms. The first kappa shape index (κ1) is 14.5. The van der Waals surface area contributed by atoms with E-state index in [2.05, 4.69) is 4.98 Å². The molecule has 0 spiro atoms. The van der Waals surface area contributed by atoms with Gasteiger partial charge in [0.15, 0.2) is 0 Å². The van der Waals surface area contributed by atoms with Gasteiger partial charge in [-0.2, -0.15) is 0 Å². The topological polar surface area (TPSA) is 34.4 Å². The highest BCUT2D eigenvalue weighted by molar-refractivity contribution is 6.51. The van der Waals surface area contributed by atoms with E-state index in [0.29, 0.717) is 16.4 Å². The predicted octanol–water partition coefficient (Wildman–Crippen LogP) is 4.05. The highest BCUT2D eigenvalue weighted by Gasteiger charge is 2.07. The van der Waals surface area contributed by atoms with E-state index in [1.165, 1.54) is 10.5 Å². The number of pyridine rings is 1. The van der Waals surface area contributed by atoms with Crippen molar-refractivity contribution in [1.82, 2.24) is 9.38 Å². The summed E-state index contributed by atoms with van der Waals surface area (Å²) in [6.45, 7) is 3.94. The van der Waals surface area contributed by atoms with Gasteiger partial charge >= 0.3 is 0 Å². The van der Waals surface area contributed by atoms with Gasteiger partial charge in [-0.15, -0.1) is 0 Å². The lowest BCUT2D eigenvalue weighted by Gasteiger charge is -2.06. The maximum absolute atomic E-state index is 12.2. The van der Waals surface area contributed by atoms with Gasteiger partial charge in [0.1, 0.15) is 5.65 Å². The molecule has 0 unspecified atom stereocenters. The number of aryl methyl sites for hydroxylation is 2. The minimum absolute atomic E-state index is 0.139. The van der Waals surface area contributed by atoms with Gasteiger partial charge in [-0.25, -0.2) is 4.98 Å². The molecule has 0 bridgehead atoms. The van der Waals surface area contributed by atoms with Crippen molar-refractivity contribution in [3.05, 3.63) is 81.4 Å². The monoisotopic (exact) mass is 310 g/mol. The second-order valence-corrected chi connectivity index (χ2v) is 5.68. The van der Waals surface area contributed by atoms with Gasteiger partial charge in [0.25, 0.3) is 5.56 Å². The third-order valence-corrected chi connectivity index (χ3v) is 3.77. The molecule has 2 heterocycles. The molecule has 0 aliphatic heterocycles. The molecular formula is C18H15ClN2O. The van der Waals surface area contributed by atoms with Gasteiger partial charge < -0.3 is 0 Å². The fraction of sp³-hybridized carbons (Fsp3) is 0.111. The van der Waals surface area contributed by atoms with Gasteiger partial charge in [-0.3, -0.25) is 9.20 Å². The Morgan fingerprint density at radius 1 is 1.18 bits per heavy atom. The third kappa shape index (κ3) is 2.81. The lowest BCUT2D eigenvalue weighted by molar-refractivity contribution is 1.02. The number of fused-ring (bicyclic) bond motifs is 1. The number of benzene rings is 1. The Bertz CT molecular complexity index is 941. The smallest absolute Gasteiger partial charge is 0.258 e. The molecule has 3 rings (SSSR count). The summed E-state index contributed by atoms with van der Waals surface area (Å²) in [5, 5.41) is 0.452. The molecule has 3 aromatic rings. The predicted molar refractivity (Wildman–Crippen MR) is 91.1 cm³/mol. The molecule has 0 amide bonds. The number of rotatable bonds is 2. The van der Waals surface area contributed by atoms with Crippen molar-refractivity contribution < 1.29 is 0 Å². The summed E-state index contributed by atoms with van der Waals surface area (Å²) in [5.74, 6) is 0. The molecule has 2 aromatic heterocycles. The Morgan fingerprint density at radius 3 is 2.77 bits per heavy atom. The van der Waals surface area contributed by atoms with Crippen LogP contribution in [0.2, 0.25) is 0 Å². The fourth-order valence-electron chi connectivity index (χ4n) is 2.36. The minimum atomic E-state index is -0.139. The molecule has 0 aliphatic rings. The van der Waals surface area contributed by atoms with Gasteiger partial charge in [-0.1, -0.05) is 47.5 Å². The van der Waals surface area contributed by atoms with E-state index in [4.69, 9.17) is 11.6 Å². The Labute approximate surface area is 133 Å².